The second-order valence-electron chi connectivity index (χ2n) is 8.15. The molecule has 186 valence electrons. The molecule has 0 radical (unpaired) electrons. The SMILES string of the molecule is COc1cc(N(Cc2ccc(C(=O)NCC(C)c3ccccc3)cc2)S(C)(=O)=O)c(OC)cc1Cl. The predicted octanol–water partition coefficient (Wildman–Crippen LogP) is 4.86. The van der Waals surface area contributed by atoms with Crippen LogP contribution in [0.3, 0.4) is 0 Å². The molecule has 0 bridgehead atoms. The smallest absolute Gasteiger partial charge is 0.251 e. The molecule has 0 heterocycles. The molecule has 0 aliphatic rings. The summed E-state index contributed by atoms with van der Waals surface area (Å²) in [5.74, 6) is 0.607. The van der Waals surface area contributed by atoms with Gasteiger partial charge in [-0.15, -0.1) is 0 Å². The maximum Gasteiger partial charge on any atom is 0.251 e. The molecule has 1 amide bonds. The first-order valence-corrected chi connectivity index (χ1v) is 13.2. The highest BCUT2D eigenvalue weighted by Gasteiger charge is 2.24. The van der Waals surface area contributed by atoms with E-state index in [-0.39, 0.29) is 18.4 Å². The third-order valence-corrected chi connectivity index (χ3v) is 7.02. The average molecular weight is 517 g/mol. The zero-order valence-corrected chi connectivity index (χ0v) is 21.7. The fourth-order valence-corrected chi connectivity index (χ4v) is 4.71. The summed E-state index contributed by atoms with van der Waals surface area (Å²) in [7, 11) is -0.792. The fourth-order valence-electron chi connectivity index (χ4n) is 3.59. The van der Waals surface area contributed by atoms with Crippen LogP contribution in [0.5, 0.6) is 11.5 Å². The summed E-state index contributed by atoms with van der Waals surface area (Å²) < 4.78 is 37.2. The highest BCUT2D eigenvalue weighted by molar-refractivity contribution is 7.92. The van der Waals surface area contributed by atoms with Gasteiger partial charge in [-0.05, 0) is 29.2 Å². The molecular formula is C26H29ClN2O5S. The topological polar surface area (TPSA) is 84.9 Å². The molecule has 3 aromatic carbocycles. The van der Waals surface area contributed by atoms with Gasteiger partial charge in [0.1, 0.15) is 11.5 Å². The number of carbonyl (C=O) groups is 1. The lowest BCUT2D eigenvalue weighted by Gasteiger charge is -2.25. The van der Waals surface area contributed by atoms with E-state index in [2.05, 4.69) is 12.2 Å². The van der Waals surface area contributed by atoms with Crippen molar-refractivity contribution in [3.05, 3.63) is 88.4 Å². The van der Waals surface area contributed by atoms with Crippen molar-refractivity contribution in [2.75, 3.05) is 31.3 Å². The molecule has 3 rings (SSSR count). The van der Waals surface area contributed by atoms with E-state index in [1.807, 2.05) is 30.3 Å². The predicted molar refractivity (Wildman–Crippen MR) is 139 cm³/mol. The molecule has 7 nitrogen and oxygen atoms in total. The van der Waals surface area contributed by atoms with E-state index in [0.29, 0.717) is 39.9 Å². The molecule has 0 fully saturated rings. The largest absolute Gasteiger partial charge is 0.495 e. The maximum absolute atomic E-state index is 12.7. The minimum Gasteiger partial charge on any atom is -0.495 e. The lowest BCUT2D eigenvalue weighted by atomic mass is 10.0. The van der Waals surface area contributed by atoms with Crippen molar-refractivity contribution in [2.45, 2.75) is 19.4 Å². The van der Waals surface area contributed by atoms with Crippen molar-refractivity contribution in [3.8, 4) is 11.5 Å². The summed E-state index contributed by atoms with van der Waals surface area (Å²) in [6.45, 7) is 2.59. The lowest BCUT2D eigenvalue weighted by molar-refractivity contribution is 0.0951. The molecule has 3 aromatic rings. The Hall–Kier alpha value is -3.23. The summed E-state index contributed by atoms with van der Waals surface area (Å²) in [5.41, 5.74) is 2.64. The van der Waals surface area contributed by atoms with E-state index in [0.717, 1.165) is 11.8 Å². The van der Waals surface area contributed by atoms with E-state index in [4.69, 9.17) is 21.1 Å². The molecule has 35 heavy (non-hydrogen) atoms. The summed E-state index contributed by atoms with van der Waals surface area (Å²) in [4.78, 5) is 12.6. The standard InChI is InChI=1S/C26H29ClN2O5S/c1-18(20-8-6-5-7-9-20)16-28-26(30)21-12-10-19(11-13-21)17-29(35(4,31)32)23-15-24(33-2)22(27)14-25(23)34-3/h5-15,18H,16-17H2,1-4H3,(H,28,30). The number of anilines is 1. The van der Waals surface area contributed by atoms with Crippen molar-refractivity contribution in [1.29, 1.82) is 0 Å². The Balaban J connectivity index is 1.76. The number of hydrogen-bond donors (Lipinski definition) is 1. The van der Waals surface area contributed by atoms with Gasteiger partial charge in [0.05, 0.1) is 37.7 Å². The van der Waals surface area contributed by atoms with Crippen molar-refractivity contribution >= 4 is 33.2 Å². The van der Waals surface area contributed by atoms with Crippen molar-refractivity contribution < 1.29 is 22.7 Å². The Bertz CT molecular complexity index is 1260. The number of amides is 1. The third kappa shape index (κ3) is 6.68. The normalized spacial score (nSPS) is 12.0. The minimum absolute atomic E-state index is 0.0346. The number of hydrogen-bond acceptors (Lipinski definition) is 5. The Morgan fingerprint density at radius 1 is 1.00 bits per heavy atom. The number of halogens is 1. The van der Waals surface area contributed by atoms with E-state index in [1.54, 1.807) is 24.3 Å². The monoisotopic (exact) mass is 516 g/mol. The van der Waals surface area contributed by atoms with Crippen LogP contribution in [0, 0.1) is 0 Å². The Morgan fingerprint density at radius 2 is 1.63 bits per heavy atom. The molecule has 0 saturated heterocycles. The second kappa shape index (κ2) is 11.5. The Labute approximate surface area is 211 Å². The molecule has 0 aliphatic heterocycles. The first-order chi connectivity index (χ1) is 16.6. The quantitative estimate of drug-likeness (QED) is 0.416. The summed E-state index contributed by atoms with van der Waals surface area (Å²) >= 11 is 6.18. The summed E-state index contributed by atoms with van der Waals surface area (Å²) in [6, 6.07) is 19.8. The van der Waals surface area contributed by atoms with Crippen molar-refractivity contribution in [2.24, 2.45) is 0 Å². The number of rotatable bonds is 10. The van der Waals surface area contributed by atoms with Gasteiger partial charge in [0, 0.05) is 24.2 Å². The van der Waals surface area contributed by atoms with Crippen LogP contribution in [0.2, 0.25) is 5.02 Å². The number of ether oxygens (including phenoxy) is 2. The van der Waals surface area contributed by atoms with Crippen LogP contribution >= 0.6 is 11.6 Å². The molecule has 1 N–H and O–H groups in total. The van der Waals surface area contributed by atoms with Gasteiger partial charge < -0.3 is 14.8 Å². The molecule has 1 unspecified atom stereocenters. The number of nitrogens with one attached hydrogen (secondary N) is 1. The number of methoxy groups -OCH3 is 2. The van der Waals surface area contributed by atoms with E-state index >= 15 is 0 Å². The zero-order chi connectivity index (χ0) is 25.6. The van der Waals surface area contributed by atoms with Crippen LogP contribution in [0.15, 0.2) is 66.7 Å². The van der Waals surface area contributed by atoms with Gasteiger partial charge >= 0.3 is 0 Å². The first kappa shape index (κ1) is 26.4. The zero-order valence-electron chi connectivity index (χ0n) is 20.1. The van der Waals surface area contributed by atoms with Gasteiger partial charge in [0.25, 0.3) is 5.91 Å². The summed E-state index contributed by atoms with van der Waals surface area (Å²) in [6.07, 6.45) is 1.11. The van der Waals surface area contributed by atoms with E-state index in [1.165, 1.54) is 30.7 Å². The van der Waals surface area contributed by atoms with Crippen LogP contribution in [0.25, 0.3) is 0 Å². The molecule has 0 aliphatic carbocycles. The minimum atomic E-state index is -3.68. The first-order valence-electron chi connectivity index (χ1n) is 10.9. The summed E-state index contributed by atoms with van der Waals surface area (Å²) in [5, 5.41) is 3.26. The Kier molecular flexibility index (Phi) is 8.64. The molecule has 0 spiro atoms. The van der Waals surface area contributed by atoms with Gasteiger partial charge in [0.15, 0.2) is 0 Å². The van der Waals surface area contributed by atoms with Gasteiger partial charge in [-0.25, -0.2) is 8.42 Å². The number of nitrogens with zero attached hydrogens (tertiary/aromatic N) is 1. The second-order valence-corrected chi connectivity index (χ2v) is 10.5. The fraction of sp³-hybridized carbons (Fsp3) is 0.269. The third-order valence-electron chi connectivity index (χ3n) is 5.60. The Morgan fingerprint density at radius 3 is 2.20 bits per heavy atom. The molecule has 1 atom stereocenters. The lowest BCUT2D eigenvalue weighted by Crippen LogP contribution is -2.30. The van der Waals surface area contributed by atoms with Crippen LogP contribution in [-0.4, -0.2) is 41.3 Å². The molecule has 9 heteroatoms. The van der Waals surface area contributed by atoms with Crippen LogP contribution in [-0.2, 0) is 16.6 Å². The van der Waals surface area contributed by atoms with E-state index < -0.39 is 10.0 Å². The number of sulfonamides is 1. The highest BCUT2D eigenvalue weighted by Crippen LogP contribution is 2.39. The highest BCUT2D eigenvalue weighted by atomic mass is 35.5. The number of carbonyl (C=O) groups excluding carboxylic acids is 1. The van der Waals surface area contributed by atoms with Crippen LogP contribution in [0.1, 0.15) is 34.3 Å². The van der Waals surface area contributed by atoms with Gasteiger partial charge in [-0.1, -0.05) is 61.0 Å². The van der Waals surface area contributed by atoms with Gasteiger partial charge in [0.2, 0.25) is 10.0 Å². The number of benzene rings is 3. The van der Waals surface area contributed by atoms with Crippen molar-refractivity contribution in [1.82, 2.24) is 5.32 Å². The molecule has 0 saturated carbocycles. The average Bonchev–Trinajstić information content (AvgIpc) is 2.85. The van der Waals surface area contributed by atoms with Gasteiger partial charge in [-0.2, -0.15) is 0 Å². The maximum atomic E-state index is 12.7. The van der Waals surface area contributed by atoms with Crippen LogP contribution < -0.4 is 19.1 Å². The van der Waals surface area contributed by atoms with Crippen LogP contribution in [0.4, 0.5) is 5.69 Å². The molecule has 0 aromatic heterocycles. The molecular weight excluding hydrogens is 488 g/mol. The van der Waals surface area contributed by atoms with E-state index in [9.17, 15) is 13.2 Å². The van der Waals surface area contributed by atoms with Gasteiger partial charge in [-0.3, -0.25) is 9.10 Å². The van der Waals surface area contributed by atoms with Crippen molar-refractivity contribution in [3.63, 3.8) is 0 Å².